The van der Waals surface area contributed by atoms with Crippen molar-refractivity contribution in [2.45, 2.75) is 42.9 Å². The van der Waals surface area contributed by atoms with Crippen molar-refractivity contribution in [3.63, 3.8) is 0 Å². The summed E-state index contributed by atoms with van der Waals surface area (Å²) in [6.45, 7) is 4.12. The zero-order chi connectivity index (χ0) is 13.8. The Labute approximate surface area is 117 Å². The molecule has 0 aliphatic heterocycles. The summed E-state index contributed by atoms with van der Waals surface area (Å²) < 4.78 is 1.88. The predicted octanol–water partition coefficient (Wildman–Crippen LogP) is 1.95. The Balaban J connectivity index is 2.28. The van der Waals surface area contributed by atoms with Crippen molar-refractivity contribution in [2.24, 2.45) is 12.8 Å². The van der Waals surface area contributed by atoms with Gasteiger partial charge >= 0.3 is 0 Å². The van der Waals surface area contributed by atoms with E-state index in [1.807, 2.05) is 24.7 Å². The molecule has 2 rings (SSSR count). The molecule has 1 unspecified atom stereocenters. The molecule has 0 fully saturated rings. The van der Waals surface area contributed by atoms with Gasteiger partial charge in [0.2, 0.25) is 0 Å². The number of hydrogen-bond acceptors (Lipinski definition) is 5. The maximum Gasteiger partial charge on any atom is 0.193 e. The number of nitrogens with zero attached hydrogens (tertiary/aromatic N) is 4. The van der Waals surface area contributed by atoms with Gasteiger partial charge in [-0.25, -0.2) is 9.97 Å². The van der Waals surface area contributed by atoms with Crippen molar-refractivity contribution in [3.05, 3.63) is 29.7 Å². The zero-order valence-corrected chi connectivity index (χ0v) is 12.3. The van der Waals surface area contributed by atoms with E-state index in [9.17, 15) is 0 Å². The number of hydrogen-bond donors (Lipinski definition) is 1. The van der Waals surface area contributed by atoms with Crippen LogP contribution in [0.2, 0.25) is 0 Å². The first-order valence-electron chi connectivity index (χ1n) is 6.34. The molecule has 6 heteroatoms. The molecule has 2 aromatic rings. The second-order valence-electron chi connectivity index (χ2n) is 4.50. The Bertz CT molecular complexity index is 537. The molecule has 0 saturated heterocycles. The van der Waals surface area contributed by atoms with Crippen LogP contribution in [0, 0.1) is 6.92 Å². The fourth-order valence-corrected chi connectivity index (χ4v) is 2.80. The van der Waals surface area contributed by atoms with Gasteiger partial charge in [0.15, 0.2) is 5.16 Å². The number of aromatic nitrogens is 4. The lowest BCUT2D eigenvalue weighted by Crippen LogP contribution is -2.21. The van der Waals surface area contributed by atoms with Gasteiger partial charge in [-0.1, -0.05) is 6.92 Å². The smallest absolute Gasteiger partial charge is 0.193 e. The minimum atomic E-state index is 0.166. The molecule has 0 bridgehead atoms. The standard InChI is InChI=1S/C13H19N5S/c1-4-10(14)8-11-9(2)17-18(3)12(11)19-13-15-6-5-7-16-13/h5-7,10H,4,8,14H2,1-3H3. The Kier molecular flexibility index (Phi) is 4.55. The quantitative estimate of drug-likeness (QED) is 0.846. The molecule has 0 aliphatic carbocycles. The fraction of sp³-hybridized carbons (Fsp3) is 0.462. The minimum Gasteiger partial charge on any atom is -0.327 e. The van der Waals surface area contributed by atoms with E-state index in [4.69, 9.17) is 5.73 Å². The summed E-state index contributed by atoms with van der Waals surface area (Å²) in [6, 6.07) is 1.98. The third-order valence-corrected chi connectivity index (χ3v) is 4.11. The molecular formula is C13H19N5S. The molecule has 2 aromatic heterocycles. The SMILES string of the molecule is CCC(N)Cc1c(C)nn(C)c1Sc1ncccn1. The van der Waals surface area contributed by atoms with Crippen LogP contribution < -0.4 is 5.73 Å². The van der Waals surface area contributed by atoms with Gasteiger partial charge in [-0.15, -0.1) is 0 Å². The zero-order valence-electron chi connectivity index (χ0n) is 11.5. The van der Waals surface area contributed by atoms with Crippen molar-refractivity contribution >= 4 is 11.8 Å². The second kappa shape index (κ2) is 6.16. The fourth-order valence-electron chi connectivity index (χ4n) is 1.87. The lowest BCUT2D eigenvalue weighted by Gasteiger charge is -2.10. The van der Waals surface area contributed by atoms with Gasteiger partial charge in [0, 0.05) is 31.0 Å². The van der Waals surface area contributed by atoms with Gasteiger partial charge in [0.05, 0.1) is 5.69 Å². The summed E-state index contributed by atoms with van der Waals surface area (Å²) in [4.78, 5) is 8.49. The van der Waals surface area contributed by atoms with E-state index in [-0.39, 0.29) is 6.04 Å². The molecule has 0 aromatic carbocycles. The Morgan fingerprint density at radius 3 is 2.68 bits per heavy atom. The highest BCUT2D eigenvalue weighted by Gasteiger charge is 2.17. The Hall–Kier alpha value is -1.40. The molecule has 0 spiro atoms. The molecule has 2 N–H and O–H groups in total. The van der Waals surface area contributed by atoms with Crippen LogP contribution in [0.3, 0.4) is 0 Å². The van der Waals surface area contributed by atoms with E-state index in [0.29, 0.717) is 0 Å². The average molecular weight is 277 g/mol. The summed E-state index contributed by atoms with van der Waals surface area (Å²) >= 11 is 1.54. The van der Waals surface area contributed by atoms with Gasteiger partial charge in [0.25, 0.3) is 0 Å². The van der Waals surface area contributed by atoms with Gasteiger partial charge in [-0.3, -0.25) is 4.68 Å². The van der Waals surface area contributed by atoms with Gasteiger partial charge in [0.1, 0.15) is 5.03 Å². The molecular weight excluding hydrogens is 258 g/mol. The number of aryl methyl sites for hydroxylation is 2. The van der Waals surface area contributed by atoms with Crippen LogP contribution >= 0.6 is 11.8 Å². The van der Waals surface area contributed by atoms with Gasteiger partial charge < -0.3 is 5.73 Å². The molecule has 0 amide bonds. The lowest BCUT2D eigenvalue weighted by atomic mass is 10.1. The molecule has 0 saturated carbocycles. The van der Waals surface area contributed by atoms with Crippen LogP contribution in [-0.4, -0.2) is 25.8 Å². The predicted molar refractivity (Wildman–Crippen MR) is 76.1 cm³/mol. The number of nitrogens with two attached hydrogens (primary N) is 1. The Morgan fingerprint density at radius 1 is 1.37 bits per heavy atom. The highest BCUT2D eigenvalue weighted by molar-refractivity contribution is 7.99. The summed E-state index contributed by atoms with van der Waals surface area (Å²) in [6.07, 6.45) is 5.29. The van der Waals surface area contributed by atoms with E-state index < -0.39 is 0 Å². The summed E-state index contributed by atoms with van der Waals surface area (Å²) in [5, 5.41) is 6.29. The molecule has 5 nitrogen and oxygen atoms in total. The molecule has 19 heavy (non-hydrogen) atoms. The van der Waals surface area contributed by atoms with Crippen LogP contribution in [0.15, 0.2) is 28.6 Å². The summed E-state index contributed by atoms with van der Waals surface area (Å²) in [5.74, 6) is 0. The lowest BCUT2D eigenvalue weighted by molar-refractivity contribution is 0.631. The van der Waals surface area contributed by atoms with Crippen molar-refractivity contribution in [1.29, 1.82) is 0 Å². The van der Waals surface area contributed by atoms with Crippen LogP contribution in [-0.2, 0) is 13.5 Å². The average Bonchev–Trinajstić information content (AvgIpc) is 2.67. The first kappa shape index (κ1) is 14.0. The van der Waals surface area contributed by atoms with Crippen molar-refractivity contribution in [2.75, 3.05) is 0 Å². The number of rotatable bonds is 5. The van der Waals surface area contributed by atoms with Crippen molar-refractivity contribution < 1.29 is 0 Å². The van der Waals surface area contributed by atoms with Crippen molar-refractivity contribution in [3.8, 4) is 0 Å². The second-order valence-corrected chi connectivity index (χ2v) is 5.45. The molecule has 0 radical (unpaired) electrons. The monoisotopic (exact) mass is 277 g/mol. The van der Waals surface area contributed by atoms with E-state index in [1.54, 1.807) is 12.4 Å². The van der Waals surface area contributed by atoms with Gasteiger partial charge in [-0.05, 0) is 37.6 Å². The van der Waals surface area contributed by atoms with Crippen LogP contribution in [0.5, 0.6) is 0 Å². The topological polar surface area (TPSA) is 69.6 Å². The van der Waals surface area contributed by atoms with E-state index >= 15 is 0 Å². The van der Waals surface area contributed by atoms with Crippen LogP contribution in [0.1, 0.15) is 24.6 Å². The first-order chi connectivity index (χ1) is 9.11. The minimum absolute atomic E-state index is 0.166. The van der Waals surface area contributed by atoms with Crippen LogP contribution in [0.25, 0.3) is 0 Å². The molecule has 0 aliphatic rings. The normalized spacial score (nSPS) is 12.6. The van der Waals surface area contributed by atoms with Gasteiger partial charge in [-0.2, -0.15) is 5.10 Å². The third kappa shape index (κ3) is 3.33. The van der Waals surface area contributed by atoms with Crippen LogP contribution in [0.4, 0.5) is 0 Å². The van der Waals surface area contributed by atoms with E-state index in [1.165, 1.54) is 17.3 Å². The Morgan fingerprint density at radius 2 is 2.05 bits per heavy atom. The van der Waals surface area contributed by atoms with E-state index in [2.05, 4.69) is 22.0 Å². The highest BCUT2D eigenvalue weighted by Crippen LogP contribution is 2.30. The largest absolute Gasteiger partial charge is 0.327 e. The van der Waals surface area contributed by atoms with E-state index in [0.717, 1.165) is 28.7 Å². The summed E-state index contributed by atoms with van der Waals surface area (Å²) in [5.41, 5.74) is 8.30. The van der Waals surface area contributed by atoms with Crippen molar-refractivity contribution in [1.82, 2.24) is 19.7 Å². The summed E-state index contributed by atoms with van der Waals surface area (Å²) in [7, 11) is 1.94. The maximum absolute atomic E-state index is 6.07. The first-order valence-corrected chi connectivity index (χ1v) is 7.16. The maximum atomic E-state index is 6.07. The molecule has 2 heterocycles. The molecule has 1 atom stereocenters. The molecule has 102 valence electrons. The third-order valence-electron chi connectivity index (χ3n) is 3.01. The highest BCUT2D eigenvalue weighted by atomic mass is 32.2.